The van der Waals surface area contributed by atoms with Crippen molar-refractivity contribution in [1.82, 2.24) is 4.98 Å². The van der Waals surface area contributed by atoms with Crippen molar-refractivity contribution in [2.45, 2.75) is 13.2 Å². The lowest BCUT2D eigenvalue weighted by atomic mass is 10.1. The lowest BCUT2D eigenvalue weighted by Crippen LogP contribution is -2.09. The summed E-state index contributed by atoms with van der Waals surface area (Å²) in [4.78, 5) is 16.1. The van der Waals surface area contributed by atoms with E-state index in [9.17, 15) is 4.79 Å². The number of aromatic nitrogens is 1. The zero-order valence-corrected chi connectivity index (χ0v) is 12.0. The Balaban J connectivity index is 2.10. The first kappa shape index (κ1) is 15.0. The van der Waals surface area contributed by atoms with Crippen LogP contribution in [0.15, 0.2) is 42.6 Å². The van der Waals surface area contributed by atoms with E-state index < -0.39 is 5.97 Å². The standard InChI is InChI=1S/C16H17NO4/c1-19-14-8-5-6-12(15(14)16(18)20-2)10-21-11-13-7-3-4-9-17-13/h3-9H,10-11H2,1-2H3. The van der Waals surface area contributed by atoms with E-state index in [0.717, 1.165) is 11.3 Å². The van der Waals surface area contributed by atoms with Crippen molar-refractivity contribution in [2.75, 3.05) is 14.2 Å². The van der Waals surface area contributed by atoms with Crippen molar-refractivity contribution in [1.29, 1.82) is 0 Å². The van der Waals surface area contributed by atoms with Gasteiger partial charge >= 0.3 is 5.97 Å². The van der Waals surface area contributed by atoms with E-state index in [1.807, 2.05) is 30.3 Å². The highest BCUT2D eigenvalue weighted by Crippen LogP contribution is 2.24. The Labute approximate surface area is 123 Å². The Bertz CT molecular complexity index is 598. The van der Waals surface area contributed by atoms with Crippen LogP contribution in [0.4, 0.5) is 0 Å². The molecule has 0 amide bonds. The van der Waals surface area contributed by atoms with Crippen molar-refractivity contribution < 1.29 is 19.0 Å². The highest BCUT2D eigenvalue weighted by molar-refractivity contribution is 5.94. The van der Waals surface area contributed by atoms with E-state index in [4.69, 9.17) is 14.2 Å². The van der Waals surface area contributed by atoms with Crippen molar-refractivity contribution >= 4 is 5.97 Å². The molecule has 0 aliphatic carbocycles. The SMILES string of the molecule is COC(=O)c1c(COCc2ccccn2)cccc1OC. The summed E-state index contributed by atoms with van der Waals surface area (Å²) in [6.07, 6.45) is 1.71. The molecule has 0 unspecified atom stereocenters. The monoisotopic (exact) mass is 287 g/mol. The number of methoxy groups -OCH3 is 2. The fourth-order valence-electron chi connectivity index (χ4n) is 1.95. The zero-order chi connectivity index (χ0) is 15.1. The first-order chi connectivity index (χ1) is 10.3. The summed E-state index contributed by atoms with van der Waals surface area (Å²) in [5.41, 5.74) is 1.95. The third-order valence-electron chi connectivity index (χ3n) is 2.96. The smallest absolute Gasteiger partial charge is 0.342 e. The van der Waals surface area contributed by atoms with Gasteiger partial charge in [-0.05, 0) is 23.8 Å². The fourth-order valence-corrected chi connectivity index (χ4v) is 1.95. The molecule has 1 aromatic carbocycles. The molecule has 1 heterocycles. The molecule has 0 spiro atoms. The maximum Gasteiger partial charge on any atom is 0.342 e. The van der Waals surface area contributed by atoms with Crippen molar-refractivity contribution in [3.63, 3.8) is 0 Å². The number of ether oxygens (including phenoxy) is 3. The van der Waals surface area contributed by atoms with Crippen LogP contribution in [0.2, 0.25) is 0 Å². The number of nitrogens with zero attached hydrogens (tertiary/aromatic N) is 1. The molecular weight excluding hydrogens is 270 g/mol. The lowest BCUT2D eigenvalue weighted by molar-refractivity contribution is 0.0585. The van der Waals surface area contributed by atoms with Crippen LogP contribution in [0, 0.1) is 0 Å². The summed E-state index contributed by atoms with van der Waals surface area (Å²) in [5.74, 6) is 0.0321. The molecule has 0 aliphatic rings. The molecule has 2 rings (SSSR count). The Hall–Kier alpha value is -2.40. The van der Waals surface area contributed by atoms with Crippen molar-refractivity contribution in [2.24, 2.45) is 0 Å². The molecule has 0 radical (unpaired) electrons. The van der Waals surface area contributed by atoms with Crippen LogP contribution in [0.1, 0.15) is 21.6 Å². The number of pyridine rings is 1. The van der Waals surface area contributed by atoms with Gasteiger partial charge < -0.3 is 14.2 Å². The number of esters is 1. The van der Waals surface area contributed by atoms with E-state index in [-0.39, 0.29) is 6.61 Å². The number of rotatable bonds is 6. The van der Waals surface area contributed by atoms with Gasteiger partial charge in [-0.3, -0.25) is 4.98 Å². The largest absolute Gasteiger partial charge is 0.496 e. The normalized spacial score (nSPS) is 10.2. The summed E-state index contributed by atoms with van der Waals surface area (Å²) in [7, 11) is 2.85. The molecule has 0 fully saturated rings. The van der Waals surface area contributed by atoms with E-state index in [1.54, 1.807) is 12.3 Å². The number of carbonyl (C=O) groups is 1. The summed E-state index contributed by atoms with van der Waals surface area (Å²) in [6, 6.07) is 11.0. The van der Waals surface area contributed by atoms with Gasteiger partial charge in [-0.1, -0.05) is 18.2 Å². The van der Waals surface area contributed by atoms with E-state index in [2.05, 4.69) is 4.98 Å². The third kappa shape index (κ3) is 3.79. The average Bonchev–Trinajstić information content (AvgIpc) is 2.54. The van der Waals surface area contributed by atoms with Gasteiger partial charge in [0.05, 0.1) is 33.1 Å². The predicted octanol–water partition coefficient (Wildman–Crippen LogP) is 2.59. The van der Waals surface area contributed by atoms with Gasteiger partial charge in [-0.25, -0.2) is 4.79 Å². The van der Waals surface area contributed by atoms with Crippen LogP contribution >= 0.6 is 0 Å². The highest BCUT2D eigenvalue weighted by Gasteiger charge is 2.17. The Kier molecular flexibility index (Phi) is 5.29. The molecular formula is C16H17NO4. The minimum absolute atomic E-state index is 0.276. The third-order valence-corrected chi connectivity index (χ3v) is 2.96. The highest BCUT2D eigenvalue weighted by atomic mass is 16.5. The average molecular weight is 287 g/mol. The lowest BCUT2D eigenvalue weighted by Gasteiger charge is -2.12. The number of hydrogen-bond donors (Lipinski definition) is 0. The van der Waals surface area contributed by atoms with Crippen LogP contribution < -0.4 is 4.74 Å². The van der Waals surface area contributed by atoms with E-state index in [0.29, 0.717) is 17.9 Å². The predicted molar refractivity (Wildman–Crippen MR) is 77.1 cm³/mol. The second-order valence-corrected chi connectivity index (χ2v) is 4.30. The quantitative estimate of drug-likeness (QED) is 0.764. The van der Waals surface area contributed by atoms with Crippen molar-refractivity contribution in [3.8, 4) is 5.75 Å². The van der Waals surface area contributed by atoms with Crippen molar-refractivity contribution in [3.05, 3.63) is 59.4 Å². The molecule has 0 bridgehead atoms. The van der Waals surface area contributed by atoms with Crippen LogP contribution in [-0.4, -0.2) is 25.2 Å². The van der Waals surface area contributed by atoms with Crippen LogP contribution in [0.5, 0.6) is 5.75 Å². The summed E-state index contributed by atoms with van der Waals surface area (Å²) >= 11 is 0. The second-order valence-electron chi connectivity index (χ2n) is 4.30. The molecule has 0 aliphatic heterocycles. The number of benzene rings is 1. The first-order valence-corrected chi connectivity index (χ1v) is 6.48. The van der Waals surface area contributed by atoms with E-state index in [1.165, 1.54) is 14.2 Å². The molecule has 5 heteroatoms. The molecule has 5 nitrogen and oxygen atoms in total. The minimum atomic E-state index is -0.441. The summed E-state index contributed by atoms with van der Waals surface area (Å²) in [5, 5.41) is 0. The fraction of sp³-hybridized carbons (Fsp3) is 0.250. The van der Waals surface area contributed by atoms with Gasteiger partial charge in [0.15, 0.2) is 0 Å². The minimum Gasteiger partial charge on any atom is -0.496 e. The maximum absolute atomic E-state index is 11.9. The molecule has 1 aromatic heterocycles. The number of hydrogen-bond acceptors (Lipinski definition) is 5. The molecule has 0 N–H and O–H groups in total. The summed E-state index contributed by atoms with van der Waals surface area (Å²) in [6.45, 7) is 0.650. The molecule has 110 valence electrons. The van der Waals surface area contributed by atoms with Gasteiger partial charge in [-0.2, -0.15) is 0 Å². The Morgan fingerprint density at radius 3 is 2.62 bits per heavy atom. The molecule has 0 saturated heterocycles. The van der Waals surface area contributed by atoms with Gasteiger partial charge in [-0.15, -0.1) is 0 Å². The number of carbonyl (C=O) groups excluding carboxylic acids is 1. The second kappa shape index (κ2) is 7.40. The zero-order valence-electron chi connectivity index (χ0n) is 12.0. The van der Waals surface area contributed by atoms with Gasteiger partial charge in [0, 0.05) is 6.20 Å². The Morgan fingerprint density at radius 2 is 1.95 bits per heavy atom. The molecule has 0 atom stereocenters. The van der Waals surface area contributed by atoms with Gasteiger partial charge in [0.1, 0.15) is 11.3 Å². The molecule has 0 saturated carbocycles. The van der Waals surface area contributed by atoms with Gasteiger partial charge in [0.2, 0.25) is 0 Å². The summed E-state index contributed by atoms with van der Waals surface area (Å²) < 4.78 is 15.6. The van der Waals surface area contributed by atoms with Crippen LogP contribution in [0.25, 0.3) is 0 Å². The Morgan fingerprint density at radius 1 is 1.10 bits per heavy atom. The van der Waals surface area contributed by atoms with Crippen LogP contribution in [0.3, 0.4) is 0 Å². The molecule has 2 aromatic rings. The van der Waals surface area contributed by atoms with Crippen LogP contribution in [-0.2, 0) is 22.7 Å². The topological polar surface area (TPSA) is 57.7 Å². The van der Waals surface area contributed by atoms with E-state index >= 15 is 0 Å². The maximum atomic E-state index is 11.9. The molecule has 21 heavy (non-hydrogen) atoms. The first-order valence-electron chi connectivity index (χ1n) is 6.48. The van der Waals surface area contributed by atoms with Gasteiger partial charge in [0.25, 0.3) is 0 Å².